The van der Waals surface area contributed by atoms with E-state index in [1.807, 2.05) is 32.0 Å². The fourth-order valence-corrected chi connectivity index (χ4v) is 4.74. The molecule has 0 bridgehead atoms. The van der Waals surface area contributed by atoms with Gasteiger partial charge in [-0.25, -0.2) is 0 Å². The molecule has 9 heteroatoms. The van der Waals surface area contributed by atoms with E-state index in [-0.39, 0.29) is 11.3 Å². The van der Waals surface area contributed by atoms with Crippen molar-refractivity contribution in [1.29, 1.82) is 0 Å². The van der Waals surface area contributed by atoms with Gasteiger partial charge in [0.1, 0.15) is 5.58 Å². The second kappa shape index (κ2) is 11.0. The molecule has 1 atom stereocenters. The van der Waals surface area contributed by atoms with Crippen molar-refractivity contribution in [2.24, 2.45) is 0 Å². The molecule has 4 rings (SSSR count). The number of aliphatic hydroxyl groups is 1. The zero-order valence-corrected chi connectivity index (χ0v) is 21.7. The van der Waals surface area contributed by atoms with Crippen LogP contribution in [0.15, 0.2) is 58.2 Å². The highest BCUT2D eigenvalue weighted by atomic mass is 16.5. The molecular weight excluding hydrogens is 476 g/mol. The molecule has 2 aromatic carbocycles. The Labute approximate surface area is 215 Å². The topological polar surface area (TPSA) is 102 Å². The van der Waals surface area contributed by atoms with Gasteiger partial charge in [-0.1, -0.05) is 32.0 Å². The smallest absolute Gasteiger partial charge is 0.290 e. The number of ketones is 1. The molecule has 9 nitrogen and oxygen atoms in total. The standard InChI is InChI=1S/C28H32N2O7/c1-6-29(7-2)12-13-30-24(18-15-21(34-3)27(36-5)22(16-18)35-4)23(26(32)28(30)33)25(31)20-14-17-10-8-9-11-19(17)37-20/h8-11,14-16,24,32H,6-7,12-13H2,1-5H3. The predicted molar refractivity (Wildman–Crippen MR) is 139 cm³/mol. The minimum Gasteiger partial charge on any atom is -0.503 e. The molecule has 0 saturated heterocycles. The van der Waals surface area contributed by atoms with Crippen molar-refractivity contribution < 1.29 is 33.3 Å². The van der Waals surface area contributed by atoms with Crippen LogP contribution in [0, 0.1) is 0 Å². The molecule has 0 saturated carbocycles. The molecule has 1 amide bonds. The van der Waals surface area contributed by atoms with Gasteiger partial charge in [0.2, 0.25) is 11.5 Å². The van der Waals surface area contributed by atoms with Crippen molar-refractivity contribution in [2.75, 3.05) is 47.5 Å². The van der Waals surface area contributed by atoms with Gasteiger partial charge >= 0.3 is 0 Å². The van der Waals surface area contributed by atoms with Gasteiger partial charge in [-0.3, -0.25) is 9.59 Å². The Kier molecular flexibility index (Phi) is 7.73. The zero-order valence-electron chi connectivity index (χ0n) is 21.7. The van der Waals surface area contributed by atoms with Gasteiger partial charge in [-0.2, -0.15) is 0 Å². The summed E-state index contributed by atoms with van der Waals surface area (Å²) >= 11 is 0. The van der Waals surface area contributed by atoms with Gasteiger partial charge in [0.25, 0.3) is 5.91 Å². The number of Topliss-reactive ketones (excluding diaryl/α,β-unsaturated/α-hetero) is 1. The summed E-state index contributed by atoms with van der Waals surface area (Å²) in [5.41, 5.74) is 1.02. The van der Waals surface area contributed by atoms with E-state index in [1.54, 1.807) is 24.3 Å². The second-order valence-corrected chi connectivity index (χ2v) is 8.63. The first-order valence-electron chi connectivity index (χ1n) is 12.2. The Balaban J connectivity index is 1.84. The summed E-state index contributed by atoms with van der Waals surface area (Å²) in [6, 6.07) is 11.3. The minimum atomic E-state index is -0.891. The number of ether oxygens (including phenoxy) is 3. The molecule has 1 unspecified atom stereocenters. The summed E-state index contributed by atoms with van der Waals surface area (Å²) in [6.45, 7) is 6.55. The van der Waals surface area contributed by atoms with Gasteiger partial charge < -0.3 is 33.5 Å². The summed E-state index contributed by atoms with van der Waals surface area (Å²) < 4.78 is 22.3. The number of nitrogens with zero attached hydrogens (tertiary/aromatic N) is 2. The fourth-order valence-electron chi connectivity index (χ4n) is 4.74. The Bertz CT molecular complexity index is 1280. The number of fused-ring (bicyclic) bond motifs is 1. The third-order valence-electron chi connectivity index (χ3n) is 6.75. The first-order chi connectivity index (χ1) is 17.9. The lowest BCUT2D eigenvalue weighted by Crippen LogP contribution is -2.38. The number of aliphatic hydroxyl groups excluding tert-OH is 1. The van der Waals surface area contributed by atoms with Crippen molar-refractivity contribution in [3.05, 3.63) is 65.1 Å². The molecule has 0 radical (unpaired) electrons. The fraction of sp³-hybridized carbons (Fsp3) is 0.357. The van der Waals surface area contributed by atoms with Crippen molar-refractivity contribution in [2.45, 2.75) is 19.9 Å². The van der Waals surface area contributed by atoms with Crippen LogP contribution in [0.3, 0.4) is 0 Å². The van der Waals surface area contributed by atoms with E-state index in [2.05, 4.69) is 4.90 Å². The minimum absolute atomic E-state index is 0.0404. The Morgan fingerprint density at radius 3 is 2.24 bits per heavy atom. The third kappa shape index (κ3) is 4.74. The van der Waals surface area contributed by atoms with Crippen LogP contribution in [0.1, 0.15) is 36.0 Å². The van der Waals surface area contributed by atoms with Crippen molar-refractivity contribution in [3.63, 3.8) is 0 Å². The van der Waals surface area contributed by atoms with Gasteiger partial charge in [0, 0.05) is 18.5 Å². The molecule has 1 aliphatic heterocycles. The highest BCUT2D eigenvalue weighted by Gasteiger charge is 2.45. The number of likely N-dealkylation sites (N-methyl/N-ethyl adjacent to an activating group) is 1. The molecule has 0 fully saturated rings. The largest absolute Gasteiger partial charge is 0.503 e. The van der Waals surface area contributed by atoms with Crippen LogP contribution < -0.4 is 14.2 Å². The van der Waals surface area contributed by atoms with Gasteiger partial charge in [-0.05, 0) is 42.9 Å². The number of rotatable bonds is 11. The lowest BCUT2D eigenvalue weighted by Gasteiger charge is -2.30. The average Bonchev–Trinajstić information content (AvgIpc) is 3.47. The molecule has 1 aliphatic rings. The zero-order chi connectivity index (χ0) is 26.7. The molecule has 3 aromatic rings. The quantitative estimate of drug-likeness (QED) is 0.381. The van der Waals surface area contributed by atoms with E-state index in [9.17, 15) is 14.7 Å². The number of benzene rings is 2. The molecular formula is C28H32N2O7. The van der Waals surface area contributed by atoms with Gasteiger partial charge in [0.05, 0.1) is 32.9 Å². The van der Waals surface area contributed by atoms with E-state index < -0.39 is 23.5 Å². The first kappa shape index (κ1) is 26.1. The van der Waals surface area contributed by atoms with Crippen molar-refractivity contribution >= 4 is 22.7 Å². The Morgan fingerprint density at radius 1 is 1.03 bits per heavy atom. The Morgan fingerprint density at radius 2 is 1.68 bits per heavy atom. The lowest BCUT2D eigenvalue weighted by atomic mass is 9.94. The summed E-state index contributed by atoms with van der Waals surface area (Å²) in [6.07, 6.45) is 0. The summed E-state index contributed by atoms with van der Waals surface area (Å²) in [7, 11) is 4.48. The van der Waals surface area contributed by atoms with Crippen LogP contribution in [0.4, 0.5) is 0 Å². The molecule has 2 heterocycles. The number of carbonyl (C=O) groups excluding carboxylic acids is 2. The maximum absolute atomic E-state index is 13.8. The maximum atomic E-state index is 13.8. The van der Waals surface area contributed by atoms with Crippen LogP contribution in [0.5, 0.6) is 17.2 Å². The number of carbonyl (C=O) groups is 2. The first-order valence-corrected chi connectivity index (χ1v) is 12.2. The van der Waals surface area contributed by atoms with Gasteiger partial charge in [-0.15, -0.1) is 0 Å². The van der Waals surface area contributed by atoms with Crippen LogP contribution in [-0.2, 0) is 4.79 Å². The van der Waals surface area contributed by atoms with Crippen molar-refractivity contribution in [3.8, 4) is 17.2 Å². The highest BCUT2D eigenvalue weighted by Crippen LogP contribution is 2.45. The van der Waals surface area contributed by atoms with Crippen LogP contribution in [0.25, 0.3) is 11.0 Å². The van der Waals surface area contributed by atoms with Crippen LogP contribution in [0.2, 0.25) is 0 Å². The lowest BCUT2D eigenvalue weighted by molar-refractivity contribution is -0.129. The molecule has 0 aliphatic carbocycles. The molecule has 37 heavy (non-hydrogen) atoms. The SMILES string of the molecule is CCN(CC)CCN1C(=O)C(O)=C(C(=O)c2cc3ccccc3o2)C1c1cc(OC)c(OC)c(OC)c1. The van der Waals surface area contributed by atoms with E-state index in [0.717, 1.165) is 18.5 Å². The monoisotopic (exact) mass is 508 g/mol. The number of amides is 1. The third-order valence-corrected chi connectivity index (χ3v) is 6.75. The summed E-state index contributed by atoms with van der Waals surface area (Å²) in [5.74, 6) is -0.616. The molecule has 0 spiro atoms. The number of hydrogen-bond donors (Lipinski definition) is 1. The summed E-state index contributed by atoms with van der Waals surface area (Å²) in [4.78, 5) is 30.8. The van der Waals surface area contributed by atoms with Crippen LogP contribution >= 0.6 is 0 Å². The normalized spacial score (nSPS) is 15.7. The predicted octanol–water partition coefficient (Wildman–Crippen LogP) is 4.38. The number of para-hydroxylation sites is 1. The van der Waals surface area contributed by atoms with E-state index >= 15 is 0 Å². The van der Waals surface area contributed by atoms with Crippen LogP contribution in [-0.4, -0.2) is 74.1 Å². The number of methoxy groups -OCH3 is 3. The van der Waals surface area contributed by atoms with E-state index in [1.165, 1.54) is 26.2 Å². The van der Waals surface area contributed by atoms with Crippen molar-refractivity contribution in [1.82, 2.24) is 9.80 Å². The Hall–Kier alpha value is -3.98. The highest BCUT2D eigenvalue weighted by molar-refractivity contribution is 6.16. The van der Waals surface area contributed by atoms with Gasteiger partial charge in [0.15, 0.2) is 23.0 Å². The number of furan rings is 1. The number of hydrogen-bond acceptors (Lipinski definition) is 8. The average molecular weight is 509 g/mol. The summed E-state index contributed by atoms with van der Waals surface area (Å²) in [5, 5.41) is 11.8. The van der Waals surface area contributed by atoms with E-state index in [0.29, 0.717) is 41.5 Å². The maximum Gasteiger partial charge on any atom is 0.290 e. The molecule has 1 aromatic heterocycles. The molecule has 196 valence electrons. The van der Waals surface area contributed by atoms with E-state index in [4.69, 9.17) is 18.6 Å². The molecule has 1 N–H and O–H groups in total. The second-order valence-electron chi connectivity index (χ2n) is 8.63.